The Morgan fingerprint density at radius 1 is 1.25 bits per heavy atom. The molecule has 2 aliphatic rings. The molecule has 2 nitrogen and oxygen atoms in total. The lowest BCUT2D eigenvalue weighted by atomic mass is 9.53. The second-order valence-corrected chi connectivity index (χ2v) is 7.78. The Morgan fingerprint density at radius 3 is 2.55 bits per heavy atom. The van der Waals surface area contributed by atoms with Crippen LogP contribution in [0.3, 0.4) is 0 Å². The zero-order chi connectivity index (χ0) is 14.9. The van der Waals surface area contributed by atoms with E-state index in [0.717, 1.165) is 17.8 Å². The zero-order valence-corrected chi connectivity index (χ0v) is 13.9. The summed E-state index contributed by atoms with van der Waals surface area (Å²) in [5.74, 6) is 3.11. The largest absolute Gasteiger partial charge is 0.466 e. The van der Waals surface area contributed by atoms with E-state index >= 15 is 0 Å². The molecule has 0 radical (unpaired) electrons. The minimum atomic E-state index is 0.0117. The van der Waals surface area contributed by atoms with E-state index in [1.807, 2.05) is 6.92 Å². The summed E-state index contributed by atoms with van der Waals surface area (Å²) in [4.78, 5) is 12.0. The molecule has 0 aromatic heterocycles. The Balaban J connectivity index is 2.05. The van der Waals surface area contributed by atoms with Crippen molar-refractivity contribution in [3.63, 3.8) is 0 Å². The van der Waals surface area contributed by atoms with Crippen molar-refractivity contribution in [3.05, 3.63) is 0 Å². The topological polar surface area (TPSA) is 26.3 Å². The molecule has 0 N–H and O–H groups in total. The van der Waals surface area contributed by atoms with Crippen molar-refractivity contribution in [2.75, 3.05) is 6.61 Å². The molecule has 2 rings (SSSR count). The van der Waals surface area contributed by atoms with Crippen LogP contribution in [0.4, 0.5) is 0 Å². The van der Waals surface area contributed by atoms with Crippen LogP contribution in [0.1, 0.15) is 66.7 Å². The molecule has 2 unspecified atom stereocenters. The van der Waals surface area contributed by atoms with Crippen molar-refractivity contribution in [2.24, 2.45) is 35.0 Å². The van der Waals surface area contributed by atoms with Crippen LogP contribution >= 0.6 is 0 Å². The Hall–Kier alpha value is -0.530. The van der Waals surface area contributed by atoms with Gasteiger partial charge in [0.05, 0.1) is 12.5 Å². The van der Waals surface area contributed by atoms with E-state index in [4.69, 9.17) is 4.74 Å². The first kappa shape index (κ1) is 15.9. The summed E-state index contributed by atoms with van der Waals surface area (Å²) in [5.41, 5.74) is 0.427. The molecule has 5 atom stereocenters. The predicted molar refractivity (Wildman–Crippen MR) is 82.3 cm³/mol. The second-order valence-electron chi connectivity index (χ2n) is 7.78. The minimum absolute atomic E-state index is 0.0117. The molecule has 0 aromatic rings. The molecule has 2 fully saturated rings. The number of hydrogen-bond acceptors (Lipinski definition) is 2. The van der Waals surface area contributed by atoms with Crippen LogP contribution in [-0.2, 0) is 9.53 Å². The Morgan fingerprint density at radius 2 is 1.90 bits per heavy atom. The van der Waals surface area contributed by atoms with Gasteiger partial charge in [-0.3, -0.25) is 4.79 Å². The molecule has 2 saturated carbocycles. The number of esters is 1. The Labute approximate surface area is 124 Å². The number of rotatable bonds is 3. The quantitative estimate of drug-likeness (QED) is 0.702. The van der Waals surface area contributed by atoms with Crippen molar-refractivity contribution in [2.45, 2.75) is 66.7 Å². The van der Waals surface area contributed by atoms with Gasteiger partial charge in [-0.2, -0.15) is 0 Å². The van der Waals surface area contributed by atoms with Gasteiger partial charge in [-0.1, -0.05) is 27.7 Å². The number of hydrogen-bond donors (Lipinski definition) is 0. The number of ether oxygens (including phenoxy) is 1. The lowest BCUT2D eigenvalue weighted by Crippen LogP contribution is -2.45. The van der Waals surface area contributed by atoms with Crippen molar-refractivity contribution in [1.29, 1.82) is 0 Å². The predicted octanol–water partition coefficient (Wildman–Crippen LogP) is 4.67. The van der Waals surface area contributed by atoms with Crippen molar-refractivity contribution < 1.29 is 9.53 Å². The van der Waals surface area contributed by atoms with Crippen LogP contribution in [0.2, 0.25) is 0 Å². The third-order valence-electron chi connectivity index (χ3n) is 6.60. The Bertz CT molecular complexity index is 347. The fourth-order valence-corrected chi connectivity index (χ4v) is 4.64. The van der Waals surface area contributed by atoms with Gasteiger partial charge in [0.15, 0.2) is 0 Å². The lowest BCUT2D eigenvalue weighted by molar-refractivity contribution is -0.151. The molecule has 0 aromatic carbocycles. The van der Waals surface area contributed by atoms with Crippen molar-refractivity contribution in [1.82, 2.24) is 0 Å². The Kier molecular flexibility index (Phi) is 4.81. The van der Waals surface area contributed by atoms with Gasteiger partial charge in [-0.05, 0) is 68.1 Å². The van der Waals surface area contributed by atoms with Crippen LogP contribution in [0.15, 0.2) is 0 Å². The minimum Gasteiger partial charge on any atom is -0.466 e. The fraction of sp³-hybridized carbons (Fsp3) is 0.944. The van der Waals surface area contributed by atoms with Crippen molar-refractivity contribution in [3.8, 4) is 0 Å². The summed E-state index contributed by atoms with van der Waals surface area (Å²) < 4.78 is 5.23. The van der Waals surface area contributed by atoms with Crippen LogP contribution in [0.5, 0.6) is 0 Å². The van der Waals surface area contributed by atoms with Gasteiger partial charge in [0.2, 0.25) is 0 Å². The lowest BCUT2D eigenvalue weighted by Gasteiger charge is -2.52. The third-order valence-corrected chi connectivity index (χ3v) is 6.60. The van der Waals surface area contributed by atoms with E-state index < -0.39 is 0 Å². The molecule has 0 saturated heterocycles. The fourth-order valence-electron chi connectivity index (χ4n) is 4.64. The van der Waals surface area contributed by atoms with Gasteiger partial charge in [-0.25, -0.2) is 0 Å². The van der Waals surface area contributed by atoms with E-state index in [9.17, 15) is 4.79 Å². The highest BCUT2D eigenvalue weighted by Crippen LogP contribution is 2.55. The van der Waals surface area contributed by atoms with Gasteiger partial charge >= 0.3 is 5.97 Å². The normalized spacial score (nSPS) is 37.9. The maximum atomic E-state index is 12.0. The summed E-state index contributed by atoms with van der Waals surface area (Å²) in [7, 11) is 0. The monoisotopic (exact) mass is 280 g/mol. The highest BCUT2D eigenvalue weighted by molar-refractivity contribution is 5.72. The number of carbonyl (C=O) groups is 1. The summed E-state index contributed by atoms with van der Waals surface area (Å²) >= 11 is 0. The molecule has 2 aliphatic carbocycles. The SMILES string of the molecule is CCOC(=O)C(C)C1CC[C@H]2CC[C@H](C)C(C)(C)[C@@H]2C1. The number of fused-ring (bicyclic) bond motifs is 1. The van der Waals surface area contributed by atoms with Gasteiger partial charge in [0.1, 0.15) is 0 Å². The van der Waals surface area contributed by atoms with E-state index in [2.05, 4.69) is 27.7 Å². The van der Waals surface area contributed by atoms with E-state index in [1.165, 1.54) is 32.1 Å². The van der Waals surface area contributed by atoms with E-state index in [0.29, 0.717) is 17.9 Å². The molecule has 20 heavy (non-hydrogen) atoms. The van der Waals surface area contributed by atoms with Crippen LogP contribution in [0.25, 0.3) is 0 Å². The molecule has 116 valence electrons. The van der Waals surface area contributed by atoms with Crippen LogP contribution in [-0.4, -0.2) is 12.6 Å². The number of carbonyl (C=O) groups excluding carboxylic acids is 1. The molecule has 2 heteroatoms. The molecule has 0 aliphatic heterocycles. The van der Waals surface area contributed by atoms with Gasteiger partial charge in [0, 0.05) is 0 Å². The molecule has 0 amide bonds. The van der Waals surface area contributed by atoms with Crippen LogP contribution in [0, 0.1) is 35.0 Å². The van der Waals surface area contributed by atoms with Crippen LogP contribution < -0.4 is 0 Å². The molecule has 0 spiro atoms. The molecule has 0 bridgehead atoms. The average molecular weight is 280 g/mol. The molecular weight excluding hydrogens is 248 g/mol. The van der Waals surface area contributed by atoms with Gasteiger partial charge in [0.25, 0.3) is 0 Å². The zero-order valence-electron chi connectivity index (χ0n) is 13.9. The highest BCUT2D eigenvalue weighted by atomic mass is 16.5. The van der Waals surface area contributed by atoms with Gasteiger partial charge in [-0.15, -0.1) is 0 Å². The van der Waals surface area contributed by atoms with E-state index in [-0.39, 0.29) is 11.9 Å². The molecule has 0 heterocycles. The maximum Gasteiger partial charge on any atom is 0.308 e. The van der Waals surface area contributed by atoms with Crippen molar-refractivity contribution >= 4 is 5.97 Å². The first-order valence-corrected chi connectivity index (χ1v) is 8.54. The summed E-state index contributed by atoms with van der Waals surface area (Å²) in [6.45, 7) is 11.8. The second kappa shape index (κ2) is 6.07. The summed E-state index contributed by atoms with van der Waals surface area (Å²) in [6, 6.07) is 0. The first-order valence-electron chi connectivity index (χ1n) is 8.54. The van der Waals surface area contributed by atoms with Gasteiger partial charge < -0.3 is 4.74 Å². The maximum absolute atomic E-state index is 12.0. The third kappa shape index (κ3) is 2.89. The first-order chi connectivity index (χ1) is 9.37. The van der Waals surface area contributed by atoms with E-state index in [1.54, 1.807) is 0 Å². The highest BCUT2D eigenvalue weighted by Gasteiger charge is 2.47. The molecular formula is C18H32O2. The smallest absolute Gasteiger partial charge is 0.308 e. The summed E-state index contributed by atoms with van der Waals surface area (Å²) in [6.07, 6.45) is 6.53. The average Bonchev–Trinajstić information content (AvgIpc) is 2.42. The summed E-state index contributed by atoms with van der Waals surface area (Å²) in [5, 5.41) is 0. The standard InChI is InChI=1S/C18H32O2/c1-6-20-17(19)13(3)15-10-9-14-8-7-12(2)18(4,5)16(14)11-15/h12-16H,6-11H2,1-5H3/t12-,13?,14+,15?,16+/m0/s1.